The van der Waals surface area contributed by atoms with Crippen molar-refractivity contribution in [3.8, 4) is 0 Å². The number of rotatable bonds is 3. The molecule has 0 bridgehead atoms. The Morgan fingerprint density at radius 3 is 2.45 bits per heavy atom. The van der Waals surface area contributed by atoms with Crippen LogP contribution in [0, 0.1) is 12.7 Å². The Morgan fingerprint density at radius 2 is 1.75 bits per heavy atom. The number of benzene rings is 2. The van der Waals surface area contributed by atoms with Crippen molar-refractivity contribution < 1.29 is 4.39 Å². The van der Waals surface area contributed by atoms with Gasteiger partial charge in [-0.3, -0.25) is 0 Å². The minimum absolute atomic E-state index is 0.212. The lowest BCUT2D eigenvalue weighted by atomic mass is 10.1. The predicted octanol–water partition coefficient (Wildman–Crippen LogP) is 4.24. The molecular weight excluding hydrogens is 251 g/mol. The SMILES string of the molecule is Cc1c(CNc2ccc(F)cc2)n(C)c2ccccc12. The number of fused-ring (bicyclic) bond motifs is 1. The molecule has 1 heterocycles. The van der Waals surface area contributed by atoms with Crippen molar-refractivity contribution in [1.29, 1.82) is 0 Å². The van der Waals surface area contributed by atoms with Crippen LogP contribution in [-0.2, 0) is 13.6 Å². The van der Waals surface area contributed by atoms with Gasteiger partial charge in [0.25, 0.3) is 0 Å². The molecule has 3 rings (SSSR count). The molecule has 2 aromatic carbocycles. The summed E-state index contributed by atoms with van der Waals surface area (Å²) < 4.78 is 15.1. The van der Waals surface area contributed by atoms with Crippen LogP contribution in [0.5, 0.6) is 0 Å². The van der Waals surface area contributed by atoms with E-state index in [2.05, 4.69) is 48.1 Å². The molecule has 0 atom stereocenters. The first-order valence-corrected chi connectivity index (χ1v) is 6.69. The Labute approximate surface area is 117 Å². The van der Waals surface area contributed by atoms with E-state index in [1.807, 2.05) is 0 Å². The van der Waals surface area contributed by atoms with Gasteiger partial charge < -0.3 is 9.88 Å². The summed E-state index contributed by atoms with van der Waals surface area (Å²) in [6.45, 7) is 2.87. The number of aromatic nitrogens is 1. The Morgan fingerprint density at radius 1 is 1.05 bits per heavy atom. The highest BCUT2D eigenvalue weighted by Crippen LogP contribution is 2.25. The normalized spacial score (nSPS) is 10.9. The van der Waals surface area contributed by atoms with Crippen LogP contribution in [0.3, 0.4) is 0 Å². The number of hydrogen-bond acceptors (Lipinski definition) is 1. The van der Waals surface area contributed by atoms with Crippen LogP contribution in [-0.4, -0.2) is 4.57 Å². The summed E-state index contributed by atoms with van der Waals surface area (Å²) in [5.41, 5.74) is 4.70. The fourth-order valence-electron chi connectivity index (χ4n) is 2.64. The highest BCUT2D eigenvalue weighted by atomic mass is 19.1. The van der Waals surface area contributed by atoms with Gasteiger partial charge in [-0.1, -0.05) is 18.2 Å². The average molecular weight is 268 g/mol. The monoisotopic (exact) mass is 268 g/mol. The van der Waals surface area contributed by atoms with Gasteiger partial charge in [-0.25, -0.2) is 4.39 Å². The third-order valence-corrected chi connectivity index (χ3v) is 3.81. The van der Waals surface area contributed by atoms with Crippen molar-refractivity contribution >= 4 is 16.6 Å². The Balaban J connectivity index is 1.89. The Hall–Kier alpha value is -2.29. The summed E-state index contributed by atoms with van der Waals surface area (Å²) in [6, 6.07) is 14.8. The van der Waals surface area contributed by atoms with Gasteiger partial charge in [-0.2, -0.15) is 0 Å². The third kappa shape index (κ3) is 2.16. The molecule has 1 N–H and O–H groups in total. The van der Waals surface area contributed by atoms with Gasteiger partial charge in [-0.15, -0.1) is 0 Å². The molecule has 1 aromatic heterocycles. The molecule has 0 amide bonds. The molecule has 0 aliphatic heterocycles. The summed E-state index contributed by atoms with van der Waals surface area (Å²) in [6.07, 6.45) is 0. The van der Waals surface area contributed by atoms with E-state index in [9.17, 15) is 4.39 Å². The van der Waals surface area contributed by atoms with Crippen molar-refractivity contribution in [2.45, 2.75) is 13.5 Å². The molecular formula is C17H17FN2. The van der Waals surface area contributed by atoms with Crippen LogP contribution in [0.25, 0.3) is 10.9 Å². The van der Waals surface area contributed by atoms with E-state index in [-0.39, 0.29) is 5.82 Å². The van der Waals surface area contributed by atoms with Crippen LogP contribution in [0.1, 0.15) is 11.3 Å². The fourth-order valence-corrected chi connectivity index (χ4v) is 2.64. The average Bonchev–Trinajstić information content (AvgIpc) is 2.71. The van der Waals surface area contributed by atoms with Gasteiger partial charge in [0.05, 0.1) is 6.54 Å². The molecule has 0 aliphatic rings. The topological polar surface area (TPSA) is 17.0 Å². The molecule has 0 fully saturated rings. The van der Waals surface area contributed by atoms with Gasteiger partial charge in [0.2, 0.25) is 0 Å². The maximum Gasteiger partial charge on any atom is 0.123 e. The summed E-state index contributed by atoms with van der Waals surface area (Å²) in [5.74, 6) is -0.212. The molecule has 3 heteroatoms. The zero-order chi connectivity index (χ0) is 14.1. The van der Waals surface area contributed by atoms with Gasteiger partial charge >= 0.3 is 0 Å². The van der Waals surface area contributed by atoms with E-state index in [1.54, 1.807) is 12.1 Å². The van der Waals surface area contributed by atoms with E-state index in [0.29, 0.717) is 0 Å². The minimum Gasteiger partial charge on any atom is -0.379 e. The summed E-state index contributed by atoms with van der Waals surface area (Å²) in [7, 11) is 2.08. The second-order valence-corrected chi connectivity index (χ2v) is 5.01. The number of anilines is 1. The van der Waals surface area contributed by atoms with E-state index in [1.165, 1.54) is 34.3 Å². The van der Waals surface area contributed by atoms with Crippen molar-refractivity contribution in [2.24, 2.45) is 7.05 Å². The van der Waals surface area contributed by atoms with Crippen LogP contribution in [0.4, 0.5) is 10.1 Å². The third-order valence-electron chi connectivity index (χ3n) is 3.81. The molecule has 2 nitrogen and oxygen atoms in total. The van der Waals surface area contributed by atoms with Gasteiger partial charge in [-0.05, 0) is 42.8 Å². The number of aryl methyl sites for hydroxylation is 2. The number of nitrogens with one attached hydrogen (secondary N) is 1. The van der Waals surface area contributed by atoms with Crippen molar-refractivity contribution in [3.05, 3.63) is 65.6 Å². The Bertz CT molecular complexity index is 703. The molecule has 0 saturated carbocycles. The summed E-state index contributed by atoms with van der Waals surface area (Å²) >= 11 is 0. The maximum atomic E-state index is 12.9. The van der Waals surface area contributed by atoms with Crippen molar-refractivity contribution in [2.75, 3.05) is 5.32 Å². The first-order chi connectivity index (χ1) is 9.66. The molecule has 3 aromatic rings. The smallest absolute Gasteiger partial charge is 0.123 e. The van der Waals surface area contributed by atoms with Gasteiger partial charge in [0, 0.05) is 29.3 Å². The van der Waals surface area contributed by atoms with E-state index < -0.39 is 0 Å². The van der Waals surface area contributed by atoms with Crippen molar-refractivity contribution in [1.82, 2.24) is 4.57 Å². The standard InChI is InChI=1S/C17H17FN2/c1-12-15-5-3-4-6-16(15)20(2)17(12)11-19-14-9-7-13(18)8-10-14/h3-10,19H,11H2,1-2H3. The van der Waals surface area contributed by atoms with Crippen LogP contribution >= 0.6 is 0 Å². The lowest BCUT2D eigenvalue weighted by Gasteiger charge is -2.09. The molecule has 0 saturated heterocycles. The second kappa shape index (κ2) is 5.00. The first-order valence-electron chi connectivity index (χ1n) is 6.69. The molecule has 0 unspecified atom stereocenters. The van der Waals surface area contributed by atoms with Crippen LogP contribution in [0.15, 0.2) is 48.5 Å². The van der Waals surface area contributed by atoms with E-state index in [4.69, 9.17) is 0 Å². The van der Waals surface area contributed by atoms with Crippen molar-refractivity contribution in [3.63, 3.8) is 0 Å². The quantitative estimate of drug-likeness (QED) is 0.752. The highest BCUT2D eigenvalue weighted by Gasteiger charge is 2.10. The van der Waals surface area contributed by atoms with Gasteiger partial charge in [0.15, 0.2) is 0 Å². The first kappa shape index (κ1) is 12.7. The lowest BCUT2D eigenvalue weighted by molar-refractivity contribution is 0.628. The van der Waals surface area contributed by atoms with Crippen LogP contribution < -0.4 is 5.32 Å². The minimum atomic E-state index is -0.212. The van der Waals surface area contributed by atoms with E-state index >= 15 is 0 Å². The zero-order valence-corrected chi connectivity index (χ0v) is 11.7. The summed E-state index contributed by atoms with van der Waals surface area (Å²) in [5, 5.41) is 4.63. The molecule has 102 valence electrons. The molecule has 0 spiro atoms. The highest BCUT2D eigenvalue weighted by molar-refractivity contribution is 5.85. The van der Waals surface area contributed by atoms with Crippen LogP contribution in [0.2, 0.25) is 0 Å². The largest absolute Gasteiger partial charge is 0.379 e. The number of para-hydroxylation sites is 1. The summed E-state index contributed by atoms with van der Waals surface area (Å²) in [4.78, 5) is 0. The predicted molar refractivity (Wildman–Crippen MR) is 81.4 cm³/mol. The lowest BCUT2D eigenvalue weighted by Crippen LogP contribution is -2.05. The molecule has 20 heavy (non-hydrogen) atoms. The zero-order valence-electron chi connectivity index (χ0n) is 11.7. The Kier molecular flexibility index (Phi) is 3.18. The number of nitrogens with zero attached hydrogens (tertiary/aromatic N) is 1. The maximum absolute atomic E-state index is 12.9. The number of hydrogen-bond donors (Lipinski definition) is 1. The fraction of sp³-hybridized carbons (Fsp3) is 0.176. The van der Waals surface area contributed by atoms with Gasteiger partial charge in [0.1, 0.15) is 5.82 Å². The molecule has 0 radical (unpaired) electrons. The second-order valence-electron chi connectivity index (χ2n) is 5.01. The van der Waals surface area contributed by atoms with E-state index in [0.717, 1.165) is 12.2 Å². The molecule has 0 aliphatic carbocycles. The number of halogens is 1.